The van der Waals surface area contributed by atoms with Crippen LogP contribution in [-0.2, 0) is 4.79 Å². The molecular formula is C20H17ClFN3O2. The van der Waals surface area contributed by atoms with Crippen molar-refractivity contribution in [3.05, 3.63) is 77.7 Å². The predicted molar refractivity (Wildman–Crippen MR) is 104 cm³/mol. The van der Waals surface area contributed by atoms with Gasteiger partial charge in [0.2, 0.25) is 5.91 Å². The normalized spacial score (nSPS) is 10.3. The van der Waals surface area contributed by atoms with Crippen LogP contribution in [0.25, 0.3) is 0 Å². The van der Waals surface area contributed by atoms with Gasteiger partial charge in [-0.15, -0.1) is 0 Å². The second-order valence-electron chi connectivity index (χ2n) is 5.65. The molecule has 138 valence electrons. The molecule has 0 fully saturated rings. The van der Waals surface area contributed by atoms with Gasteiger partial charge in [-0.05, 0) is 42.5 Å². The summed E-state index contributed by atoms with van der Waals surface area (Å²) in [6.07, 6.45) is 1.76. The molecule has 1 heterocycles. The van der Waals surface area contributed by atoms with Crippen molar-refractivity contribution in [1.29, 1.82) is 0 Å². The number of amides is 1. The van der Waals surface area contributed by atoms with Crippen LogP contribution in [0.2, 0.25) is 5.02 Å². The molecule has 0 aliphatic heterocycles. The molecule has 0 aliphatic rings. The molecule has 0 unspecified atom stereocenters. The number of nitrogens with one attached hydrogen (secondary N) is 2. The van der Waals surface area contributed by atoms with E-state index in [2.05, 4.69) is 15.6 Å². The molecule has 2 N–H and O–H groups in total. The Morgan fingerprint density at radius 3 is 2.56 bits per heavy atom. The van der Waals surface area contributed by atoms with Crippen LogP contribution >= 0.6 is 11.6 Å². The van der Waals surface area contributed by atoms with Crippen LogP contribution in [0.15, 0.2) is 66.9 Å². The first kappa shape index (κ1) is 18.7. The lowest BCUT2D eigenvalue weighted by Gasteiger charge is -2.09. The highest BCUT2D eigenvalue weighted by Gasteiger charge is 2.05. The summed E-state index contributed by atoms with van der Waals surface area (Å²) in [5, 5.41) is 5.80. The summed E-state index contributed by atoms with van der Waals surface area (Å²) < 4.78 is 18.7. The third-order valence-electron chi connectivity index (χ3n) is 3.58. The molecule has 1 aromatic heterocycles. The van der Waals surface area contributed by atoms with Gasteiger partial charge in [0, 0.05) is 5.69 Å². The van der Waals surface area contributed by atoms with Gasteiger partial charge in [-0.2, -0.15) is 0 Å². The molecule has 5 nitrogen and oxygen atoms in total. The average Bonchev–Trinajstić information content (AvgIpc) is 2.67. The van der Waals surface area contributed by atoms with Gasteiger partial charge in [-0.25, -0.2) is 9.37 Å². The molecule has 3 rings (SSSR count). The fourth-order valence-electron chi connectivity index (χ4n) is 2.27. The van der Waals surface area contributed by atoms with Gasteiger partial charge in [0.05, 0.1) is 29.9 Å². The topological polar surface area (TPSA) is 63.2 Å². The Labute approximate surface area is 161 Å². The first-order chi connectivity index (χ1) is 13.1. The molecule has 0 atom stereocenters. The number of halogens is 2. The summed E-state index contributed by atoms with van der Waals surface area (Å²) >= 11 is 5.75. The summed E-state index contributed by atoms with van der Waals surface area (Å²) in [7, 11) is 0. The largest absolute Gasteiger partial charge is 0.493 e. The highest BCUT2D eigenvalue weighted by Crippen LogP contribution is 2.22. The molecule has 0 saturated carbocycles. The fraction of sp³-hybridized carbons (Fsp3) is 0.100. The Morgan fingerprint density at radius 2 is 1.85 bits per heavy atom. The van der Waals surface area contributed by atoms with Crippen molar-refractivity contribution >= 4 is 34.7 Å². The number of hydrogen-bond donors (Lipinski definition) is 2. The van der Waals surface area contributed by atoms with E-state index in [9.17, 15) is 9.18 Å². The number of ether oxygens (including phenoxy) is 1. The zero-order valence-corrected chi connectivity index (χ0v) is 15.0. The van der Waals surface area contributed by atoms with Gasteiger partial charge in [-0.3, -0.25) is 4.79 Å². The van der Waals surface area contributed by atoms with Crippen molar-refractivity contribution in [1.82, 2.24) is 4.98 Å². The lowest BCUT2D eigenvalue weighted by atomic mass is 10.3. The number of aromatic nitrogens is 1. The van der Waals surface area contributed by atoms with Crippen molar-refractivity contribution in [2.24, 2.45) is 0 Å². The Bertz CT molecular complexity index is 905. The molecule has 7 heteroatoms. The fourth-order valence-corrected chi connectivity index (χ4v) is 2.45. The lowest BCUT2D eigenvalue weighted by Crippen LogP contribution is -2.15. The Balaban J connectivity index is 1.48. The molecule has 1 amide bonds. The molecule has 27 heavy (non-hydrogen) atoms. The van der Waals surface area contributed by atoms with E-state index < -0.39 is 5.82 Å². The SMILES string of the molecule is O=C(CCOc1ccccc1)Nc1ccc(Nc2ccc(F)c(Cl)c2)nc1. The number of benzene rings is 2. The van der Waals surface area contributed by atoms with Gasteiger partial charge in [-0.1, -0.05) is 29.8 Å². The average molecular weight is 386 g/mol. The first-order valence-electron chi connectivity index (χ1n) is 8.26. The molecule has 0 bridgehead atoms. The minimum Gasteiger partial charge on any atom is -0.493 e. The van der Waals surface area contributed by atoms with Gasteiger partial charge >= 0.3 is 0 Å². The number of hydrogen-bond acceptors (Lipinski definition) is 4. The third kappa shape index (κ3) is 5.69. The molecule has 0 saturated heterocycles. The van der Waals surface area contributed by atoms with Crippen LogP contribution in [0.5, 0.6) is 5.75 Å². The van der Waals surface area contributed by atoms with Crippen molar-refractivity contribution in [3.8, 4) is 5.75 Å². The Morgan fingerprint density at radius 1 is 1.07 bits per heavy atom. The first-order valence-corrected chi connectivity index (χ1v) is 8.64. The maximum Gasteiger partial charge on any atom is 0.227 e. The Hall–Kier alpha value is -3.12. The van der Waals surface area contributed by atoms with Gasteiger partial charge in [0.1, 0.15) is 17.4 Å². The minimum absolute atomic E-state index is 0.0293. The van der Waals surface area contributed by atoms with Crippen LogP contribution in [0.1, 0.15) is 6.42 Å². The van der Waals surface area contributed by atoms with E-state index in [0.717, 1.165) is 5.75 Å². The van der Waals surface area contributed by atoms with Crippen molar-refractivity contribution < 1.29 is 13.9 Å². The van der Waals surface area contributed by atoms with E-state index in [-0.39, 0.29) is 24.0 Å². The molecule has 3 aromatic rings. The second-order valence-corrected chi connectivity index (χ2v) is 6.05. The van der Waals surface area contributed by atoms with Gasteiger partial charge < -0.3 is 15.4 Å². The standard InChI is InChI=1S/C20H17ClFN3O2/c21-17-12-14(6-8-18(17)22)24-19-9-7-15(13-23-19)25-20(26)10-11-27-16-4-2-1-3-5-16/h1-9,12-13H,10-11H2,(H,23,24)(H,25,26). The molecule has 0 aliphatic carbocycles. The molecule has 0 spiro atoms. The third-order valence-corrected chi connectivity index (χ3v) is 3.87. The van der Waals surface area contributed by atoms with Gasteiger partial charge in [0.15, 0.2) is 0 Å². The van der Waals surface area contributed by atoms with Crippen molar-refractivity contribution in [2.75, 3.05) is 17.2 Å². The quantitative estimate of drug-likeness (QED) is 0.599. The molecule has 2 aromatic carbocycles. The minimum atomic E-state index is -0.482. The highest BCUT2D eigenvalue weighted by molar-refractivity contribution is 6.31. The van der Waals surface area contributed by atoms with E-state index in [0.29, 0.717) is 17.2 Å². The second kappa shape index (κ2) is 9.00. The van der Waals surface area contributed by atoms with E-state index in [1.807, 2.05) is 30.3 Å². The number of carbonyl (C=O) groups is 1. The van der Waals surface area contributed by atoms with E-state index in [4.69, 9.17) is 16.3 Å². The maximum absolute atomic E-state index is 13.2. The van der Waals surface area contributed by atoms with Crippen LogP contribution in [0.4, 0.5) is 21.6 Å². The highest BCUT2D eigenvalue weighted by atomic mass is 35.5. The van der Waals surface area contributed by atoms with E-state index in [1.165, 1.54) is 18.3 Å². The number of carbonyl (C=O) groups excluding carboxylic acids is 1. The van der Waals surface area contributed by atoms with Crippen LogP contribution in [0, 0.1) is 5.82 Å². The van der Waals surface area contributed by atoms with Crippen LogP contribution < -0.4 is 15.4 Å². The van der Waals surface area contributed by atoms with Crippen LogP contribution in [-0.4, -0.2) is 17.5 Å². The summed E-state index contributed by atoms with van der Waals surface area (Å²) in [5.74, 6) is 0.620. The lowest BCUT2D eigenvalue weighted by molar-refractivity contribution is -0.116. The number of nitrogens with zero attached hydrogens (tertiary/aromatic N) is 1. The summed E-state index contributed by atoms with van der Waals surface area (Å²) in [4.78, 5) is 16.2. The van der Waals surface area contributed by atoms with E-state index >= 15 is 0 Å². The van der Waals surface area contributed by atoms with E-state index in [1.54, 1.807) is 18.2 Å². The summed E-state index contributed by atoms with van der Waals surface area (Å²) in [5.41, 5.74) is 1.19. The van der Waals surface area contributed by atoms with Gasteiger partial charge in [0.25, 0.3) is 0 Å². The predicted octanol–water partition coefficient (Wildman–Crippen LogP) is 5.03. The summed E-state index contributed by atoms with van der Waals surface area (Å²) in [6, 6.07) is 17.0. The number of anilines is 3. The van der Waals surface area contributed by atoms with Crippen molar-refractivity contribution in [2.45, 2.75) is 6.42 Å². The summed E-state index contributed by atoms with van der Waals surface area (Å²) in [6.45, 7) is 0.286. The monoisotopic (exact) mass is 385 g/mol. The zero-order valence-electron chi connectivity index (χ0n) is 14.3. The molecule has 0 radical (unpaired) electrons. The molecular weight excluding hydrogens is 369 g/mol. The maximum atomic E-state index is 13.2. The number of para-hydroxylation sites is 1. The smallest absolute Gasteiger partial charge is 0.227 e. The van der Waals surface area contributed by atoms with Crippen molar-refractivity contribution in [3.63, 3.8) is 0 Å². The number of rotatable bonds is 7. The number of pyridine rings is 1. The zero-order chi connectivity index (χ0) is 19.1. The Kier molecular flexibility index (Phi) is 6.22. The van der Waals surface area contributed by atoms with Crippen LogP contribution in [0.3, 0.4) is 0 Å².